The largest absolute Gasteiger partial charge is 0.375 e. The molecule has 0 aliphatic heterocycles. The van der Waals surface area contributed by atoms with E-state index < -0.39 is 0 Å². The molecule has 2 N–H and O–H groups in total. The SMILES string of the molecule is CCN(C)c1cccc(NC(=O)NC[C@H](c2cnn(C)c2)N(C)C)c1. The van der Waals surface area contributed by atoms with Crippen LogP contribution in [-0.4, -0.2) is 54.9 Å². The minimum Gasteiger partial charge on any atom is -0.375 e. The van der Waals surface area contributed by atoms with Crippen molar-refractivity contribution in [2.24, 2.45) is 7.05 Å². The summed E-state index contributed by atoms with van der Waals surface area (Å²) in [6, 6.07) is 7.67. The van der Waals surface area contributed by atoms with Gasteiger partial charge in [0.05, 0.1) is 12.2 Å². The third kappa shape index (κ3) is 5.22. The second kappa shape index (κ2) is 8.53. The first-order valence-corrected chi connectivity index (χ1v) is 8.41. The van der Waals surface area contributed by atoms with Gasteiger partial charge in [-0.15, -0.1) is 0 Å². The van der Waals surface area contributed by atoms with E-state index in [0.717, 1.165) is 23.5 Å². The van der Waals surface area contributed by atoms with E-state index in [1.54, 1.807) is 4.68 Å². The predicted octanol–water partition coefficient (Wildman–Crippen LogP) is 2.30. The number of aryl methyl sites for hydroxylation is 1. The maximum atomic E-state index is 12.3. The summed E-state index contributed by atoms with van der Waals surface area (Å²) in [5.41, 5.74) is 2.92. The van der Waals surface area contributed by atoms with Gasteiger partial charge in [-0.3, -0.25) is 4.68 Å². The molecule has 0 fully saturated rings. The van der Waals surface area contributed by atoms with Crippen LogP contribution in [0.3, 0.4) is 0 Å². The van der Waals surface area contributed by atoms with E-state index in [9.17, 15) is 4.79 Å². The first-order chi connectivity index (χ1) is 11.9. The Morgan fingerprint density at radius 1 is 1.32 bits per heavy atom. The molecule has 7 nitrogen and oxygen atoms in total. The highest BCUT2D eigenvalue weighted by molar-refractivity contribution is 5.89. The van der Waals surface area contributed by atoms with Crippen LogP contribution in [0.25, 0.3) is 0 Å². The third-order valence-corrected chi connectivity index (χ3v) is 4.21. The number of likely N-dealkylation sites (N-methyl/N-ethyl adjacent to an activating group) is 1. The van der Waals surface area contributed by atoms with E-state index >= 15 is 0 Å². The van der Waals surface area contributed by atoms with Gasteiger partial charge >= 0.3 is 6.03 Å². The van der Waals surface area contributed by atoms with Crippen LogP contribution in [0, 0.1) is 0 Å². The highest BCUT2D eigenvalue weighted by Gasteiger charge is 2.17. The van der Waals surface area contributed by atoms with Gasteiger partial charge in [-0.25, -0.2) is 4.79 Å². The van der Waals surface area contributed by atoms with Crippen LogP contribution in [0.15, 0.2) is 36.7 Å². The number of hydrogen-bond acceptors (Lipinski definition) is 4. The summed E-state index contributed by atoms with van der Waals surface area (Å²) in [6.07, 6.45) is 3.79. The molecule has 2 rings (SSSR count). The number of anilines is 2. The van der Waals surface area contributed by atoms with Crippen LogP contribution in [0.4, 0.5) is 16.2 Å². The molecule has 0 bridgehead atoms. The van der Waals surface area contributed by atoms with E-state index in [1.807, 2.05) is 64.8 Å². The van der Waals surface area contributed by atoms with Gasteiger partial charge in [0, 0.05) is 50.3 Å². The number of nitrogens with zero attached hydrogens (tertiary/aromatic N) is 4. The monoisotopic (exact) mass is 344 g/mol. The van der Waals surface area contributed by atoms with Crippen molar-refractivity contribution in [2.45, 2.75) is 13.0 Å². The number of benzene rings is 1. The summed E-state index contributed by atoms with van der Waals surface area (Å²) in [5, 5.41) is 10.0. The average molecular weight is 344 g/mol. The number of hydrogen-bond donors (Lipinski definition) is 2. The fraction of sp³-hybridized carbons (Fsp3) is 0.444. The number of nitrogens with one attached hydrogen (secondary N) is 2. The zero-order valence-corrected chi connectivity index (χ0v) is 15.7. The molecule has 1 heterocycles. The van der Waals surface area contributed by atoms with Crippen LogP contribution in [0.5, 0.6) is 0 Å². The molecule has 0 saturated carbocycles. The second-order valence-electron chi connectivity index (χ2n) is 6.33. The molecule has 2 aromatic rings. The molecule has 0 spiro atoms. The number of rotatable bonds is 7. The molecule has 0 aliphatic rings. The van der Waals surface area contributed by atoms with E-state index in [1.165, 1.54) is 0 Å². The summed E-state index contributed by atoms with van der Waals surface area (Å²) in [5.74, 6) is 0. The van der Waals surface area contributed by atoms with Crippen LogP contribution in [-0.2, 0) is 7.05 Å². The lowest BCUT2D eigenvalue weighted by Crippen LogP contribution is -2.36. The van der Waals surface area contributed by atoms with Crippen molar-refractivity contribution in [1.29, 1.82) is 0 Å². The summed E-state index contributed by atoms with van der Waals surface area (Å²) < 4.78 is 1.77. The fourth-order valence-electron chi connectivity index (χ4n) is 2.58. The van der Waals surface area contributed by atoms with Crippen molar-refractivity contribution in [2.75, 3.05) is 44.4 Å². The maximum absolute atomic E-state index is 12.3. The Hall–Kier alpha value is -2.54. The molecule has 0 radical (unpaired) electrons. The highest BCUT2D eigenvalue weighted by Crippen LogP contribution is 2.19. The summed E-state index contributed by atoms with van der Waals surface area (Å²) in [7, 11) is 7.88. The standard InChI is InChI=1S/C18H28N6O/c1-6-23(4)16-9-7-8-15(10-16)21-18(25)19-12-17(22(2)3)14-11-20-24(5)13-14/h7-11,13,17H,6,12H2,1-5H3,(H2,19,21,25)/t17-/m1/s1. The lowest BCUT2D eigenvalue weighted by Gasteiger charge is -2.23. The van der Waals surface area contributed by atoms with Crippen LogP contribution in [0.1, 0.15) is 18.5 Å². The molecule has 7 heteroatoms. The van der Waals surface area contributed by atoms with Gasteiger partial charge in [-0.05, 0) is 39.2 Å². The maximum Gasteiger partial charge on any atom is 0.319 e. The second-order valence-corrected chi connectivity index (χ2v) is 6.33. The summed E-state index contributed by atoms with van der Waals surface area (Å²) in [4.78, 5) is 16.4. The Balaban J connectivity index is 1.95. The number of carbonyl (C=O) groups excluding carboxylic acids is 1. The Morgan fingerprint density at radius 3 is 2.68 bits per heavy atom. The Morgan fingerprint density at radius 2 is 2.08 bits per heavy atom. The molecule has 2 amide bonds. The molecule has 0 aliphatic carbocycles. The van der Waals surface area contributed by atoms with Crippen molar-refractivity contribution < 1.29 is 4.79 Å². The van der Waals surface area contributed by atoms with Crippen molar-refractivity contribution in [1.82, 2.24) is 20.0 Å². The number of amides is 2. The predicted molar refractivity (Wildman–Crippen MR) is 102 cm³/mol. The van der Waals surface area contributed by atoms with Crippen molar-refractivity contribution in [3.05, 3.63) is 42.2 Å². The molecule has 0 saturated heterocycles. The first kappa shape index (κ1) is 18.8. The molecule has 0 unspecified atom stereocenters. The van der Waals surface area contributed by atoms with E-state index in [4.69, 9.17) is 0 Å². The Kier molecular flexibility index (Phi) is 6.41. The normalized spacial score (nSPS) is 12.1. The molecule has 1 aromatic heterocycles. The van der Waals surface area contributed by atoms with Gasteiger partial charge in [0.1, 0.15) is 0 Å². The quantitative estimate of drug-likeness (QED) is 0.809. The van der Waals surface area contributed by atoms with Gasteiger partial charge in [-0.1, -0.05) is 6.07 Å². The minimum atomic E-state index is -0.216. The van der Waals surface area contributed by atoms with Crippen molar-refractivity contribution in [3.8, 4) is 0 Å². The molecule has 1 atom stereocenters. The van der Waals surface area contributed by atoms with Crippen LogP contribution < -0.4 is 15.5 Å². The first-order valence-electron chi connectivity index (χ1n) is 8.41. The lowest BCUT2D eigenvalue weighted by molar-refractivity contribution is 0.243. The van der Waals surface area contributed by atoms with Crippen molar-refractivity contribution in [3.63, 3.8) is 0 Å². The zero-order valence-electron chi connectivity index (χ0n) is 15.7. The van der Waals surface area contributed by atoms with Gasteiger partial charge in [0.2, 0.25) is 0 Å². The van der Waals surface area contributed by atoms with E-state index in [-0.39, 0.29) is 12.1 Å². The topological polar surface area (TPSA) is 65.4 Å². The van der Waals surface area contributed by atoms with Gasteiger partial charge < -0.3 is 20.4 Å². The van der Waals surface area contributed by atoms with Crippen LogP contribution in [0.2, 0.25) is 0 Å². The highest BCUT2D eigenvalue weighted by atomic mass is 16.2. The van der Waals surface area contributed by atoms with Crippen LogP contribution >= 0.6 is 0 Å². The molecule has 136 valence electrons. The number of aromatic nitrogens is 2. The smallest absolute Gasteiger partial charge is 0.319 e. The minimum absolute atomic E-state index is 0.0667. The van der Waals surface area contributed by atoms with E-state index in [2.05, 4.69) is 32.5 Å². The Bertz CT molecular complexity index is 696. The molecule has 1 aromatic carbocycles. The van der Waals surface area contributed by atoms with Gasteiger partial charge in [-0.2, -0.15) is 5.10 Å². The van der Waals surface area contributed by atoms with Gasteiger partial charge in [0.15, 0.2) is 0 Å². The summed E-state index contributed by atoms with van der Waals surface area (Å²) in [6.45, 7) is 3.50. The summed E-state index contributed by atoms with van der Waals surface area (Å²) >= 11 is 0. The number of urea groups is 1. The van der Waals surface area contributed by atoms with Gasteiger partial charge in [0.25, 0.3) is 0 Å². The Labute approximate surface area is 149 Å². The molecular weight excluding hydrogens is 316 g/mol. The third-order valence-electron chi connectivity index (χ3n) is 4.21. The van der Waals surface area contributed by atoms with Crippen molar-refractivity contribution >= 4 is 17.4 Å². The zero-order chi connectivity index (χ0) is 18.4. The molecule has 25 heavy (non-hydrogen) atoms. The fourth-order valence-corrected chi connectivity index (χ4v) is 2.58. The average Bonchev–Trinajstić information content (AvgIpc) is 3.00. The number of carbonyl (C=O) groups is 1. The molecular formula is C18H28N6O. The van der Waals surface area contributed by atoms with E-state index in [0.29, 0.717) is 6.54 Å². The lowest BCUT2D eigenvalue weighted by atomic mass is 10.1.